The molecule has 0 spiro atoms. The number of benzene rings is 2. The van der Waals surface area contributed by atoms with Crippen LogP contribution in [0.4, 0.5) is 5.82 Å². The molecule has 3 rings (SSSR count). The summed E-state index contributed by atoms with van der Waals surface area (Å²) in [6.07, 6.45) is 1.55. The molecule has 0 aliphatic carbocycles. The molecule has 0 unspecified atom stereocenters. The maximum Gasteiger partial charge on any atom is 0.263 e. The zero-order chi connectivity index (χ0) is 19.8. The zero-order valence-corrected chi connectivity index (χ0v) is 17.6. The smallest absolute Gasteiger partial charge is 0.263 e. The van der Waals surface area contributed by atoms with Gasteiger partial charge in [0, 0.05) is 6.20 Å². The van der Waals surface area contributed by atoms with E-state index in [1.807, 2.05) is 13.0 Å². The Hall–Kier alpha value is -1.73. The SMILES string of the molecule is Cc1ccc(S(=O)(=O)Nc2nn(Cc3ccc(Cl)c(Cl)c3)cc2Cl)c(C)c1. The van der Waals surface area contributed by atoms with Crippen molar-refractivity contribution in [1.82, 2.24) is 9.78 Å². The number of rotatable bonds is 5. The predicted octanol–water partition coefficient (Wildman–Crippen LogP) is 5.31. The van der Waals surface area contributed by atoms with Gasteiger partial charge in [-0.2, -0.15) is 5.10 Å². The maximum absolute atomic E-state index is 12.7. The number of aryl methyl sites for hydroxylation is 2. The van der Waals surface area contributed by atoms with E-state index < -0.39 is 10.0 Å². The fraction of sp³-hybridized carbons (Fsp3) is 0.167. The third-order valence-electron chi connectivity index (χ3n) is 3.90. The highest BCUT2D eigenvalue weighted by atomic mass is 35.5. The zero-order valence-electron chi connectivity index (χ0n) is 14.5. The second-order valence-corrected chi connectivity index (χ2v) is 9.02. The van der Waals surface area contributed by atoms with Gasteiger partial charge in [-0.1, -0.05) is 58.6 Å². The minimum atomic E-state index is -3.80. The Morgan fingerprint density at radius 1 is 1.00 bits per heavy atom. The molecule has 0 amide bonds. The Labute approximate surface area is 172 Å². The van der Waals surface area contributed by atoms with E-state index in [1.54, 1.807) is 43.5 Å². The van der Waals surface area contributed by atoms with E-state index in [-0.39, 0.29) is 15.7 Å². The van der Waals surface area contributed by atoms with Gasteiger partial charge in [-0.25, -0.2) is 8.42 Å². The number of sulfonamides is 1. The van der Waals surface area contributed by atoms with E-state index in [0.717, 1.165) is 11.1 Å². The van der Waals surface area contributed by atoms with Gasteiger partial charge in [-0.05, 0) is 43.2 Å². The first-order chi connectivity index (χ1) is 12.7. The third-order valence-corrected chi connectivity index (χ3v) is 6.41. The molecule has 0 saturated carbocycles. The molecular formula is C18H16Cl3N3O2S. The number of nitrogens with zero attached hydrogens (tertiary/aromatic N) is 2. The second-order valence-electron chi connectivity index (χ2n) is 6.15. The Bertz CT molecular complexity index is 1110. The van der Waals surface area contributed by atoms with Crippen molar-refractivity contribution in [2.24, 2.45) is 0 Å². The molecule has 0 radical (unpaired) electrons. The predicted molar refractivity (Wildman–Crippen MR) is 110 cm³/mol. The molecule has 0 atom stereocenters. The van der Waals surface area contributed by atoms with Crippen LogP contribution in [0.5, 0.6) is 0 Å². The minimum Gasteiger partial charge on any atom is -0.265 e. The first-order valence-electron chi connectivity index (χ1n) is 7.92. The van der Waals surface area contributed by atoms with E-state index in [0.29, 0.717) is 22.2 Å². The van der Waals surface area contributed by atoms with Crippen LogP contribution in [0.25, 0.3) is 0 Å². The number of hydrogen-bond acceptors (Lipinski definition) is 3. The van der Waals surface area contributed by atoms with Crippen molar-refractivity contribution in [3.63, 3.8) is 0 Å². The molecular weight excluding hydrogens is 429 g/mol. The summed E-state index contributed by atoms with van der Waals surface area (Å²) in [6.45, 7) is 4.01. The highest BCUT2D eigenvalue weighted by Gasteiger charge is 2.20. The molecule has 0 aliphatic heterocycles. The first kappa shape index (κ1) is 20.0. The summed E-state index contributed by atoms with van der Waals surface area (Å²) < 4.78 is 29.3. The van der Waals surface area contributed by atoms with Gasteiger partial charge in [0.2, 0.25) is 0 Å². The van der Waals surface area contributed by atoms with Crippen LogP contribution in [0.3, 0.4) is 0 Å². The van der Waals surface area contributed by atoms with Gasteiger partial charge in [-0.3, -0.25) is 9.40 Å². The van der Waals surface area contributed by atoms with E-state index in [9.17, 15) is 8.42 Å². The summed E-state index contributed by atoms with van der Waals surface area (Å²) >= 11 is 18.1. The molecule has 142 valence electrons. The monoisotopic (exact) mass is 443 g/mol. The third kappa shape index (κ3) is 4.58. The molecule has 1 N–H and O–H groups in total. The van der Waals surface area contributed by atoms with Crippen molar-refractivity contribution in [1.29, 1.82) is 0 Å². The lowest BCUT2D eigenvalue weighted by atomic mass is 10.2. The van der Waals surface area contributed by atoms with Crippen molar-refractivity contribution < 1.29 is 8.42 Å². The highest BCUT2D eigenvalue weighted by molar-refractivity contribution is 7.92. The summed E-state index contributed by atoms with van der Waals surface area (Å²) in [5, 5.41) is 5.32. The summed E-state index contributed by atoms with van der Waals surface area (Å²) in [4.78, 5) is 0.184. The number of aromatic nitrogens is 2. The van der Waals surface area contributed by atoms with Crippen molar-refractivity contribution in [2.45, 2.75) is 25.3 Å². The van der Waals surface area contributed by atoms with Crippen molar-refractivity contribution in [2.75, 3.05) is 4.72 Å². The molecule has 2 aromatic carbocycles. The van der Waals surface area contributed by atoms with Gasteiger partial charge in [0.1, 0.15) is 5.02 Å². The average molecular weight is 445 g/mol. The Balaban J connectivity index is 1.84. The van der Waals surface area contributed by atoms with Crippen LogP contribution < -0.4 is 4.72 Å². The molecule has 5 nitrogen and oxygen atoms in total. The van der Waals surface area contributed by atoms with Crippen LogP contribution in [0.1, 0.15) is 16.7 Å². The molecule has 0 aliphatic rings. The molecule has 9 heteroatoms. The average Bonchev–Trinajstić information content (AvgIpc) is 2.89. The number of anilines is 1. The lowest BCUT2D eigenvalue weighted by Crippen LogP contribution is -2.15. The van der Waals surface area contributed by atoms with Gasteiger partial charge in [0.15, 0.2) is 5.82 Å². The molecule has 0 fully saturated rings. The molecule has 27 heavy (non-hydrogen) atoms. The molecule has 1 aromatic heterocycles. The fourth-order valence-electron chi connectivity index (χ4n) is 2.66. The Kier molecular flexibility index (Phi) is 5.72. The molecule has 1 heterocycles. The van der Waals surface area contributed by atoms with Crippen LogP contribution >= 0.6 is 34.8 Å². The first-order valence-corrected chi connectivity index (χ1v) is 10.5. The lowest BCUT2D eigenvalue weighted by Gasteiger charge is -2.09. The lowest BCUT2D eigenvalue weighted by molar-refractivity contribution is 0.600. The van der Waals surface area contributed by atoms with Gasteiger partial charge >= 0.3 is 0 Å². The van der Waals surface area contributed by atoms with Crippen LogP contribution in [-0.2, 0) is 16.6 Å². The van der Waals surface area contributed by atoms with E-state index in [4.69, 9.17) is 34.8 Å². The van der Waals surface area contributed by atoms with Crippen LogP contribution in [-0.4, -0.2) is 18.2 Å². The largest absolute Gasteiger partial charge is 0.265 e. The quantitative estimate of drug-likeness (QED) is 0.580. The normalized spacial score (nSPS) is 11.6. The van der Waals surface area contributed by atoms with Crippen LogP contribution in [0.2, 0.25) is 15.1 Å². The number of nitrogens with one attached hydrogen (secondary N) is 1. The Morgan fingerprint density at radius 3 is 2.41 bits per heavy atom. The second kappa shape index (κ2) is 7.72. The maximum atomic E-state index is 12.7. The number of hydrogen-bond donors (Lipinski definition) is 1. The van der Waals surface area contributed by atoms with Gasteiger partial charge in [0.25, 0.3) is 10.0 Å². The topological polar surface area (TPSA) is 64.0 Å². The summed E-state index contributed by atoms with van der Waals surface area (Å²) in [5.74, 6) is 0.0664. The standard InChI is InChI=1S/C18H16Cl3N3O2S/c1-11-3-6-17(12(2)7-11)27(25,26)23-18-16(21)10-24(22-18)9-13-4-5-14(19)15(20)8-13/h3-8,10H,9H2,1-2H3,(H,22,23). The summed E-state index contributed by atoms with van der Waals surface area (Å²) in [6, 6.07) is 10.3. The van der Waals surface area contributed by atoms with Crippen LogP contribution in [0, 0.1) is 13.8 Å². The highest BCUT2D eigenvalue weighted by Crippen LogP contribution is 2.26. The minimum absolute atomic E-state index is 0.0664. The summed E-state index contributed by atoms with van der Waals surface area (Å²) in [5.41, 5.74) is 2.48. The fourth-order valence-corrected chi connectivity index (χ4v) is 4.48. The van der Waals surface area contributed by atoms with E-state index in [1.165, 1.54) is 4.68 Å². The number of halogens is 3. The van der Waals surface area contributed by atoms with Crippen LogP contribution in [0.15, 0.2) is 47.5 Å². The van der Waals surface area contributed by atoms with Crippen molar-refractivity contribution in [3.8, 4) is 0 Å². The van der Waals surface area contributed by atoms with Gasteiger partial charge in [0.05, 0.1) is 21.5 Å². The molecule has 3 aromatic rings. The summed E-state index contributed by atoms with van der Waals surface area (Å²) in [7, 11) is -3.80. The van der Waals surface area contributed by atoms with Crippen molar-refractivity contribution >= 4 is 50.6 Å². The van der Waals surface area contributed by atoms with E-state index >= 15 is 0 Å². The Morgan fingerprint density at radius 2 is 1.74 bits per heavy atom. The molecule has 0 saturated heterocycles. The molecule has 0 bridgehead atoms. The van der Waals surface area contributed by atoms with Gasteiger partial charge < -0.3 is 0 Å². The van der Waals surface area contributed by atoms with Crippen molar-refractivity contribution in [3.05, 3.63) is 74.4 Å². The van der Waals surface area contributed by atoms with Gasteiger partial charge in [-0.15, -0.1) is 0 Å². The van der Waals surface area contributed by atoms with E-state index in [2.05, 4.69) is 9.82 Å².